The maximum absolute atomic E-state index is 13.7. The largest absolute Gasteiger partial charge is 0.488 e. The van der Waals surface area contributed by atoms with E-state index in [4.69, 9.17) is 4.74 Å². The zero-order valence-corrected chi connectivity index (χ0v) is 18.3. The third-order valence-corrected chi connectivity index (χ3v) is 7.06. The average Bonchev–Trinajstić information content (AvgIpc) is 2.73. The van der Waals surface area contributed by atoms with Gasteiger partial charge in [0.25, 0.3) is 5.91 Å². The maximum atomic E-state index is 13.7. The summed E-state index contributed by atoms with van der Waals surface area (Å²) in [5.74, 6) is -2.11. The van der Waals surface area contributed by atoms with Crippen LogP contribution >= 0.6 is 0 Å². The van der Waals surface area contributed by atoms with Crippen LogP contribution in [0.1, 0.15) is 42.1 Å². The second-order valence-corrected chi connectivity index (χ2v) is 9.64. The lowest BCUT2D eigenvalue weighted by Gasteiger charge is -2.26. The molecule has 0 aliphatic carbocycles. The number of hydrogen-bond acceptors (Lipinski definition) is 4. The molecule has 9 heteroatoms. The van der Waals surface area contributed by atoms with Crippen LogP contribution in [0.15, 0.2) is 41.3 Å². The van der Waals surface area contributed by atoms with Gasteiger partial charge in [-0.15, -0.1) is 0 Å². The minimum absolute atomic E-state index is 0.0426. The molecular weight excluding hydrogens is 426 g/mol. The lowest BCUT2D eigenvalue weighted by atomic mass is 10.1. The first-order chi connectivity index (χ1) is 14.7. The summed E-state index contributed by atoms with van der Waals surface area (Å²) in [4.78, 5) is 12.8. The molecule has 1 saturated heterocycles. The highest BCUT2D eigenvalue weighted by atomic mass is 32.2. The van der Waals surface area contributed by atoms with Crippen molar-refractivity contribution in [3.63, 3.8) is 0 Å². The predicted octanol–water partition coefficient (Wildman–Crippen LogP) is 3.65. The molecule has 0 bridgehead atoms. The van der Waals surface area contributed by atoms with Gasteiger partial charge < -0.3 is 10.1 Å². The molecule has 1 fully saturated rings. The van der Waals surface area contributed by atoms with E-state index in [1.54, 1.807) is 19.9 Å². The molecule has 0 radical (unpaired) electrons. The topological polar surface area (TPSA) is 75.7 Å². The number of sulfonamides is 1. The summed E-state index contributed by atoms with van der Waals surface area (Å²) >= 11 is 0. The van der Waals surface area contributed by atoms with Crippen LogP contribution in [0, 0.1) is 18.6 Å². The Kier molecular flexibility index (Phi) is 7.27. The van der Waals surface area contributed by atoms with Gasteiger partial charge >= 0.3 is 0 Å². The Morgan fingerprint density at radius 2 is 1.84 bits per heavy atom. The first-order valence-corrected chi connectivity index (χ1v) is 11.6. The van der Waals surface area contributed by atoms with E-state index in [2.05, 4.69) is 5.32 Å². The number of carbonyl (C=O) groups excluding carboxylic acids is 1. The molecule has 0 aromatic heterocycles. The van der Waals surface area contributed by atoms with Crippen molar-refractivity contribution in [2.75, 3.05) is 19.7 Å². The van der Waals surface area contributed by atoms with Crippen LogP contribution in [0.3, 0.4) is 0 Å². The highest BCUT2D eigenvalue weighted by Crippen LogP contribution is 2.23. The van der Waals surface area contributed by atoms with Crippen LogP contribution in [0.2, 0.25) is 0 Å². The second kappa shape index (κ2) is 9.74. The van der Waals surface area contributed by atoms with E-state index in [-0.39, 0.29) is 22.8 Å². The zero-order chi connectivity index (χ0) is 22.6. The lowest BCUT2D eigenvalue weighted by Crippen LogP contribution is -2.38. The fraction of sp³-hybridized carbons (Fsp3) is 0.409. The quantitative estimate of drug-likeness (QED) is 0.696. The molecule has 2 aromatic carbocycles. The molecule has 1 amide bonds. The summed E-state index contributed by atoms with van der Waals surface area (Å²) in [6.45, 7) is 4.31. The number of carbonyl (C=O) groups is 1. The van der Waals surface area contributed by atoms with Gasteiger partial charge in [-0.25, -0.2) is 17.2 Å². The molecule has 31 heavy (non-hydrogen) atoms. The van der Waals surface area contributed by atoms with Gasteiger partial charge in [0.15, 0.2) is 11.6 Å². The molecule has 1 heterocycles. The van der Waals surface area contributed by atoms with Gasteiger partial charge in [-0.2, -0.15) is 4.31 Å². The lowest BCUT2D eigenvalue weighted by molar-refractivity contribution is 0.0925. The predicted molar refractivity (Wildman–Crippen MR) is 113 cm³/mol. The van der Waals surface area contributed by atoms with Gasteiger partial charge in [-0.05, 0) is 56.5 Å². The molecule has 6 nitrogen and oxygen atoms in total. The van der Waals surface area contributed by atoms with Crippen molar-refractivity contribution in [2.45, 2.75) is 44.0 Å². The number of amides is 1. The SMILES string of the molecule is Cc1ccc(S(=O)(=O)N2CCCCC2)cc1C(=O)NC(C)COc1ccc(F)cc1F. The number of hydrogen-bond donors (Lipinski definition) is 1. The highest BCUT2D eigenvalue weighted by Gasteiger charge is 2.27. The van der Waals surface area contributed by atoms with E-state index < -0.39 is 33.6 Å². The molecule has 2 aromatic rings. The number of piperidine rings is 1. The minimum atomic E-state index is -3.66. The fourth-order valence-corrected chi connectivity index (χ4v) is 4.95. The molecular formula is C22H26F2N2O4S. The third kappa shape index (κ3) is 5.59. The second-order valence-electron chi connectivity index (χ2n) is 7.70. The first-order valence-electron chi connectivity index (χ1n) is 10.2. The van der Waals surface area contributed by atoms with Crippen molar-refractivity contribution >= 4 is 15.9 Å². The summed E-state index contributed by atoms with van der Waals surface area (Å²) in [7, 11) is -3.66. The molecule has 3 rings (SSSR count). The first kappa shape index (κ1) is 23.1. The number of aryl methyl sites for hydroxylation is 1. The van der Waals surface area contributed by atoms with Crippen molar-refractivity contribution in [3.8, 4) is 5.75 Å². The van der Waals surface area contributed by atoms with Crippen LogP contribution in [0.5, 0.6) is 5.75 Å². The van der Waals surface area contributed by atoms with Crippen molar-refractivity contribution in [1.82, 2.24) is 9.62 Å². The average molecular weight is 453 g/mol. The smallest absolute Gasteiger partial charge is 0.251 e. The van der Waals surface area contributed by atoms with Crippen molar-refractivity contribution in [2.24, 2.45) is 0 Å². The normalized spacial score (nSPS) is 16.0. The molecule has 0 saturated carbocycles. The van der Waals surface area contributed by atoms with Crippen molar-refractivity contribution < 1.29 is 26.7 Å². The maximum Gasteiger partial charge on any atom is 0.251 e. The van der Waals surface area contributed by atoms with E-state index in [1.807, 2.05) is 0 Å². The molecule has 168 valence electrons. The summed E-state index contributed by atoms with van der Waals surface area (Å²) < 4.78 is 59.3. The molecule has 1 unspecified atom stereocenters. The summed E-state index contributed by atoms with van der Waals surface area (Å²) in [6, 6.07) is 7.00. The van der Waals surface area contributed by atoms with Crippen LogP contribution in [0.25, 0.3) is 0 Å². The van der Waals surface area contributed by atoms with Crippen LogP contribution in [0.4, 0.5) is 8.78 Å². The molecule has 1 N–H and O–H groups in total. The fourth-order valence-electron chi connectivity index (χ4n) is 3.41. The van der Waals surface area contributed by atoms with Crippen LogP contribution in [-0.2, 0) is 10.0 Å². The Labute approximate surface area is 181 Å². The van der Waals surface area contributed by atoms with Gasteiger partial charge in [0.2, 0.25) is 10.0 Å². The Hall–Kier alpha value is -2.52. The van der Waals surface area contributed by atoms with E-state index in [0.29, 0.717) is 18.7 Å². The Morgan fingerprint density at radius 3 is 2.52 bits per heavy atom. The molecule has 0 spiro atoms. The van der Waals surface area contributed by atoms with Crippen LogP contribution < -0.4 is 10.1 Å². The Bertz CT molecular complexity index is 1050. The summed E-state index contributed by atoms with van der Waals surface area (Å²) in [5.41, 5.74) is 0.880. The summed E-state index contributed by atoms with van der Waals surface area (Å²) in [6.07, 6.45) is 2.66. The molecule has 1 aliphatic rings. The molecule has 1 aliphatic heterocycles. The minimum Gasteiger partial charge on any atom is -0.488 e. The van der Waals surface area contributed by atoms with Gasteiger partial charge in [0, 0.05) is 24.7 Å². The monoisotopic (exact) mass is 452 g/mol. The molecule has 1 atom stereocenters. The van der Waals surface area contributed by atoms with E-state index in [0.717, 1.165) is 31.4 Å². The third-order valence-electron chi connectivity index (χ3n) is 5.17. The number of rotatable bonds is 7. The number of nitrogens with zero attached hydrogens (tertiary/aromatic N) is 1. The van der Waals surface area contributed by atoms with Crippen molar-refractivity contribution in [1.29, 1.82) is 0 Å². The standard InChI is InChI=1S/C22H26F2N2O4S/c1-15-6-8-18(31(28,29)26-10-4-3-5-11-26)13-19(15)22(27)25-16(2)14-30-21-9-7-17(23)12-20(21)24/h6-9,12-13,16H,3-5,10-11,14H2,1-2H3,(H,25,27). The Morgan fingerprint density at radius 1 is 1.13 bits per heavy atom. The van der Waals surface area contributed by atoms with E-state index in [9.17, 15) is 22.0 Å². The van der Waals surface area contributed by atoms with Gasteiger partial charge in [0.05, 0.1) is 10.9 Å². The van der Waals surface area contributed by atoms with Crippen molar-refractivity contribution in [3.05, 3.63) is 59.2 Å². The zero-order valence-electron chi connectivity index (χ0n) is 17.5. The number of benzene rings is 2. The number of nitrogens with one attached hydrogen (secondary N) is 1. The van der Waals surface area contributed by atoms with Gasteiger partial charge in [0.1, 0.15) is 12.4 Å². The number of halogens is 2. The van der Waals surface area contributed by atoms with Crippen LogP contribution in [-0.4, -0.2) is 44.4 Å². The van der Waals surface area contributed by atoms with E-state index in [1.165, 1.54) is 22.5 Å². The van der Waals surface area contributed by atoms with E-state index >= 15 is 0 Å². The summed E-state index contributed by atoms with van der Waals surface area (Å²) in [5, 5.41) is 2.73. The van der Waals surface area contributed by atoms with Gasteiger partial charge in [-0.1, -0.05) is 12.5 Å². The number of ether oxygens (including phenoxy) is 1. The van der Waals surface area contributed by atoms with Gasteiger partial charge in [-0.3, -0.25) is 4.79 Å². The Balaban J connectivity index is 1.68. The highest BCUT2D eigenvalue weighted by molar-refractivity contribution is 7.89.